The van der Waals surface area contributed by atoms with Gasteiger partial charge in [0.05, 0.1) is 16.8 Å². The number of carbonyl (C=O) groups excluding carboxylic acids is 2. The van der Waals surface area contributed by atoms with Crippen molar-refractivity contribution in [1.29, 1.82) is 0 Å². The van der Waals surface area contributed by atoms with Gasteiger partial charge in [-0.25, -0.2) is 9.18 Å². The van der Waals surface area contributed by atoms with Gasteiger partial charge in [-0.1, -0.05) is 12.1 Å². The van der Waals surface area contributed by atoms with Crippen molar-refractivity contribution >= 4 is 17.6 Å². The fraction of sp³-hybridized carbons (Fsp3) is 0.200. The van der Waals surface area contributed by atoms with Gasteiger partial charge in [0.1, 0.15) is 12.4 Å². The minimum Gasteiger partial charge on any atom is -0.456 e. The van der Waals surface area contributed by atoms with Gasteiger partial charge in [-0.05, 0) is 42.0 Å². The molecule has 2 aliphatic heterocycles. The van der Waals surface area contributed by atoms with Crippen LogP contribution < -0.4 is 4.90 Å². The van der Waals surface area contributed by atoms with E-state index in [1.807, 2.05) is 0 Å². The number of esters is 1. The number of cyclic esters (lactones) is 1. The van der Waals surface area contributed by atoms with Gasteiger partial charge >= 0.3 is 12.1 Å². The summed E-state index contributed by atoms with van der Waals surface area (Å²) >= 11 is 0. The quantitative estimate of drug-likeness (QED) is 0.570. The van der Waals surface area contributed by atoms with Crippen LogP contribution in [0.2, 0.25) is 0 Å². The van der Waals surface area contributed by atoms with Gasteiger partial charge < -0.3 is 4.74 Å². The van der Waals surface area contributed by atoms with Crippen molar-refractivity contribution in [3.63, 3.8) is 0 Å². The third kappa shape index (κ3) is 3.04. The summed E-state index contributed by atoms with van der Waals surface area (Å²) in [5, 5.41) is 0. The van der Waals surface area contributed by atoms with Gasteiger partial charge in [-0.15, -0.1) is 0 Å². The number of amides is 1. The maximum atomic E-state index is 13.2. The van der Waals surface area contributed by atoms with E-state index in [1.54, 1.807) is 0 Å². The van der Waals surface area contributed by atoms with E-state index >= 15 is 0 Å². The van der Waals surface area contributed by atoms with Crippen LogP contribution in [-0.4, -0.2) is 18.5 Å². The number of hydrogen-bond acceptors (Lipinski definition) is 3. The van der Waals surface area contributed by atoms with E-state index in [2.05, 4.69) is 0 Å². The molecule has 0 spiro atoms. The summed E-state index contributed by atoms with van der Waals surface area (Å²) in [6.07, 6.45) is -4.57. The summed E-state index contributed by atoms with van der Waals surface area (Å²) in [5.41, 5.74) is 0.550. The van der Waals surface area contributed by atoms with Crippen LogP contribution in [-0.2, 0) is 20.5 Å². The number of nitrogens with zero attached hydrogens (tertiary/aromatic N) is 1. The molecule has 2 aromatic rings. The summed E-state index contributed by atoms with van der Waals surface area (Å²) in [4.78, 5) is 26.3. The zero-order valence-corrected chi connectivity index (χ0v) is 14.3. The second-order valence-electron chi connectivity index (χ2n) is 6.52. The van der Waals surface area contributed by atoms with Gasteiger partial charge in [-0.3, -0.25) is 9.69 Å². The molecule has 0 fully saturated rings. The first-order valence-corrected chi connectivity index (χ1v) is 8.41. The Hall–Kier alpha value is -3.16. The van der Waals surface area contributed by atoms with Crippen LogP contribution in [0.5, 0.6) is 0 Å². The third-order valence-electron chi connectivity index (χ3n) is 4.84. The Bertz CT molecular complexity index is 978. The van der Waals surface area contributed by atoms with E-state index in [0.717, 1.165) is 12.1 Å². The van der Waals surface area contributed by atoms with Crippen molar-refractivity contribution in [3.05, 3.63) is 76.7 Å². The Morgan fingerprint density at radius 1 is 0.964 bits per heavy atom. The monoisotopic (exact) mass is 391 g/mol. The zero-order valence-electron chi connectivity index (χ0n) is 14.3. The number of benzene rings is 2. The summed E-state index contributed by atoms with van der Waals surface area (Å²) in [7, 11) is 0. The minimum absolute atomic E-state index is 0.0828. The highest BCUT2D eigenvalue weighted by atomic mass is 19.4. The van der Waals surface area contributed by atoms with Gasteiger partial charge in [0.2, 0.25) is 5.91 Å². The Balaban J connectivity index is 1.76. The molecule has 1 atom stereocenters. The third-order valence-corrected chi connectivity index (χ3v) is 4.84. The molecule has 0 N–H and O–H groups in total. The predicted octanol–water partition coefficient (Wildman–Crippen LogP) is 4.18. The van der Waals surface area contributed by atoms with E-state index in [4.69, 9.17) is 4.74 Å². The van der Waals surface area contributed by atoms with Crippen molar-refractivity contribution in [3.8, 4) is 0 Å². The number of carbonyl (C=O) groups is 2. The van der Waals surface area contributed by atoms with E-state index < -0.39 is 29.4 Å². The molecule has 0 aromatic heterocycles. The number of ether oxygens (including phenoxy) is 1. The smallest absolute Gasteiger partial charge is 0.416 e. The molecule has 1 unspecified atom stereocenters. The predicted molar refractivity (Wildman–Crippen MR) is 90.7 cm³/mol. The maximum Gasteiger partial charge on any atom is 0.416 e. The number of anilines is 1. The fourth-order valence-corrected chi connectivity index (χ4v) is 3.53. The first-order chi connectivity index (χ1) is 13.3. The molecule has 2 aliphatic rings. The molecule has 4 rings (SSSR count). The van der Waals surface area contributed by atoms with Crippen LogP contribution in [0, 0.1) is 5.82 Å². The van der Waals surface area contributed by atoms with Crippen molar-refractivity contribution in [1.82, 2.24) is 0 Å². The first kappa shape index (κ1) is 18.2. The second kappa shape index (κ2) is 6.47. The van der Waals surface area contributed by atoms with E-state index in [9.17, 15) is 27.2 Å². The molecular weight excluding hydrogens is 378 g/mol. The van der Waals surface area contributed by atoms with Crippen molar-refractivity contribution in [2.75, 3.05) is 11.5 Å². The van der Waals surface area contributed by atoms with Gasteiger partial charge in [0.15, 0.2) is 0 Å². The number of halogens is 4. The molecule has 0 bridgehead atoms. The average molecular weight is 391 g/mol. The lowest BCUT2D eigenvalue weighted by Gasteiger charge is -2.32. The first-order valence-electron chi connectivity index (χ1n) is 8.41. The van der Waals surface area contributed by atoms with Gasteiger partial charge in [0, 0.05) is 18.0 Å². The summed E-state index contributed by atoms with van der Waals surface area (Å²) < 4.78 is 56.7. The molecular formula is C20H13F4NO3. The van der Waals surface area contributed by atoms with E-state index in [0.29, 0.717) is 11.3 Å². The summed E-state index contributed by atoms with van der Waals surface area (Å²) in [6.45, 7) is -0.154. The van der Waals surface area contributed by atoms with E-state index in [-0.39, 0.29) is 30.2 Å². The SMILES string of the molecule is O=C1OCC2=C1C(c1ccc(F)cc1)CC(=O)N2c1ccc(C(F)(F)F)cc1. The molecule has 8 heteroatoms. The molecule has 0 saturated carbocycles. The molecule has 2 aromatic carbocycles. The van der Waals surface area contributed by atoms with Crippen LogP contribution in [0.15, 0.2) is 59.8 Å². The van der Waals surface area contributed by atoms with Crippen molar-refractivity contribution in [2.45, 2.75) is 18.5 Å². The van der Waals surface area contributed by atoms with Gasteiger partial charge in [-0.2, -0.15) is 13.2 Å². The van der Waals surface area contributed by atoms with Crippen molar-refractivity contribution < 1.29 is 31.9 Å². The lowest BCUT2D eigenvalue weighted by atomic mass is 9.84. The summed E-state index contributed by atoms with van der Waals surface area (Å²) in [5.74, 6) is -2.01. The Morgan fingerprint density at radius 3 is 2.21 bits per heavy atom. The topological polar surface area (TPSA) is 46.6 Å². The Morgan fingerprint density at radius 2 is 1.61 bits per heavy atom. The van der Waals surface area contributed by atoms with Crippen LogP contribution in [0.3, 0.4) is 0 Å². The number of hydrogen-bond donors (Lipinski definition) is 0. The molecule has 28 heavy (non-hydrogen) atoms. The lowest BCUT2D eigenvalue weighted by molar-refractivity contribution is -0.138. The lowest BCUT2D eigenvalue weighted by Crippen LogP contribution is -2.37. The summed E-state index contributed by atoms with van der Waals surface area (Å²) in [6, 6.07) is 9.61. The highest BCUT2D eigenvalue weighted by Crippen LogP contribution is 2.42. The van der Waals surface area contributed by atoms with E-state index in [1.165, 1.54) is 41.3 Å². The molecule has 0 radical (unpaired) electrons. The Kier molecular flexibility index (Phi) is 4.21. The molecule has 4 nitrogen and oxygen atoms in total. The molecule has 1 amide bonds. The normalized spacial score (nSPS) is 19.7. The number of alkyl halides is 3. The van der Waals surface area contributed by atoms with Crippen molar-refractivity contribution in [2.24, 2.45) is 0 Å². The standard InChI is InChI=1S/C20H13F4NO3/c21-13-5-1-11(2-6-13)15-9-17(26)25(16-10-28-19(27)18(15)16)14-7-3-12(4-8-14)20(22,23)24/h1-8,15H,9-10H2. The number of rotatable bonds is 2. The zero-order chi connectivity index (χ0) is 20.1. The van der Waals surface area contributed by atoms with Crippen LogP contribution in [0.1, 0.15) is 23.5 Å². The maximum absolute atomic E-state index is 13.2. The van der Waals surface area contributed by atoms with Crippen LogP contribution in [0.25, 0.3) is 0 Å². The highest BCUT2D eigenvalue weighted by Gasteiger charge is 2.43. The minimum atomic E-state index is -4.49. The fourth-order valence-electron chi connectivity index (χ4n) is 3.53. The molecule has 144 valence electrons. The second-order valence-corrected chi connectivity index (χ2v) is 6.52. The molecule has 2 heterocycles. The average Bonchev–Trinajstić information content (AvgIpc) is 3.03. The molecule has 0 saturated heterocycles. The van der Waals surface area contributed by atoms with Crippen LogP contribution in [0.4, 0.5) is 23.2 Å². The Labute approximate surface area is 157 Å². The largest absolute Gasteiger partial charge is 0.456 e. The highest BCUT2D eigenvalue weighted by molar-refractivity contribution is 6.06. The molecule has 0 aliphatic carbocycles. The van der Waals surface area contributed by atoms with Crippen LogP contribution >= 0.6 is 0 Å². The van der Waals surface area contributed by atoms with Gasteiger partial charge in [0.25, 0.3) is 0 Å².